The van der Waals surface area contributed by atoms with Crippen LogP contribution in [0.5, 0.6) is 0 Å². The number of ether oxygens (including phenoxy) is 1. The van der Waals surface area contributed by atoms with Gasteiger partial charge in [0.2, 0.25) is 0 Å². The molecule has 0 aromatic heterocycles. The Morgan fingerprint density at radius 1 is 1.05 bits per heavy atom. The second-order valence-corrected chi connectivity index (χ2v) is 5.75. The first-order valence-corrected chi connectivity index (χ1v) is 7.36. The predicted molar refractivity (Wildman–Crippen MR) is 79.5 cm³/mol. The molecule has 1 amide bonds. The molecule has 3 heteroatoms. The summed E-state index contributed by atoms with van der Waals surface area (Å²) in [6, 6.07) is 20.2. The number of piperidine rings is 1. The second kappa shape index (κ2) is 4.71. The lowest BCUT2D eigenvalue weighted by atomic mass is 9.88. The summed E-state index contributed by atoms with van der Waals surface area (Å²) in [6.07, 6.45) is 0.581. The van der Waals surface area contributed by atoms with Gasteiger partial charge in [-0.3, -0.25) is 4.79 Å². The van der Waals surface area contributed by atoms with E-state index in [-0.39, 0.29) is 17.6 Å². The van der Waals surface area contributed by atoms with E-state index >= 15 is 0 Å². The van der Waals surface area contributed by atoms with Gasteiger partial charge in [0, 0.05) is 19.5 Å². The highest BCUT2D eigenvalue weighted by Gasteiger charge is 2.64. The maximum absolute atomic E-state index is 12.6. The van der Waals surface area contributed by atoms with Crippen molar-refractivity contribution in [3.05, 3.63) is 71.8 Å². The van der Waals surface area contributed by atoms with Crippen LogP contribution in [0.25, 0.3) is 0 Å². The molecule has 2 fully saturated rings. The summed E-state index contributed by atoms with van der Waals surface area (Å²) in [6.45, 7) is 1.42. The summed E-state index contributed by atoms with van der Waals surface area (Å²) < 4.78 is 5.84. The van der Waals surface area contributed by atoms with Gasteiger partial charge < -0.3 is 9.64 Å². The third kappa shape index (κ3) is 2.05. The van der Waals surface area contributed by atoms with Crippen LogP contribution < -0.4 is 0 Å². The van der Waals surface area contributed by atoms with Crippen LogP contribution in [0.4, 0.5) is 0 Å². The lowest BCUT2D eigenvalue weighted by Crippen LogP contribution is -2.42. The smallest absolute Gasteiger partial charge is 0.255 e. The Hall–Kier alpha value is -2.13. The minimum Gasteiger partial charge on any atom is -0.350 e. The van der Waals surface area contributed by atoms with Crippen molar-refractivity contribution in [3.63, 3.8) is 0 Å². The number of rotatable bonds is 3. The van der Waals surface area contributed by atoms with Crippen LogP contribution in [0.3, 0.4) is 0 Å². The highest BCUT2D eigenvalue weighted by molar-refractivity contribution is 5.86. The molecule has 0 spiro atoms. The first-order valence-electron chi connectivity index (χ1n) is 7.36. The molecule has 0 bridgehead atoms. The number of amides is 1. The van der Waals surface area contributed by atoms with Crippen molar-refractivity contribution >= 4 is 5.91 Å². The molecule has 2 aromatic rings. The molecule has 2 aromatic carbocycles. The average molecular weight is 279 g/mol. The van der Waals surface area contributed by atoms with Gasteiger partial charge in [0.1, 0.15) is 5.60 Å². The molecule has 0 N–H and O–H groups in total. The minimum absolute atomic E-state index is 0.119. The maximum atomic E-state index is 12.6. The van der Waals surface area contributed by atoms with Crippen LogP contribution in [-0.2, 0) is 21.7 Å². The average Bonchev–Trinajstić information content (AvgIpc) is 3.29. The van der Waals surface area contributed by atoms with Gasteiger partial charge in [-0.15, -0.1) is 0 Å². The summed E-state index contributed by atoms with van der Waals surface area (Å²) >= 11 is 0. The van der Waals surface area contributed by atoms with Gasteiger partial charge in [0.05, 0.1) is 0 Å². The van der Waals surface area contributed by atoms with Crippen LogP contribution in [0, 0.1) is 0 Å². The highest BCUT2D eigenvalue weighted by Crippen LogP contribution is 2.52. The summed E-state index contributed by atoms with van der Waals surface area (Å²) in [5.41, 5.74) is 1.94. The zero-order valence-corrected chi connectivity index (χ0v) is 11.7. The Kier molecular flexibility index (Phi) is 2.82. The van der Waals surface area contributed by atoms with Crippen LogP contribution in [0.15, 0.2) is 60.7 Å². The van der Waals surface area contributed by atoms with Crippen LogP contribution in [0.1, 0.15) is 17.5 Å². The van der Waals surface area contributed by atoms with Gasteiger partial charge in [-0.05, 0) is 11.1 Å². The first-order chi connectivity index (χ1) is 10.3. The molecular weight excluding hydrogens is 262 g/mol. The van der Waals surface area contributed by atoms with E-state index in [1.54, 1.807) is 0 Å². The fourth-order valence-electron chi connectivity index (χ4n) is 3.24. The van der Waals surface area contributed by atoms with E-state index < -0.39 is 0 Å². The van der Waals surface area contributed by atoms with Crippen LogP contribution in [0.2, 0.25) is 0 Å². The lowest BCUT2D eigenvalue weighted by Gasteiger charge is -2.28. The van der Waals surface area contributed by atoms with E-state index in [4.69, 9.17) is 4.74 Å². The molecule has 106 valence electrons. The Labute approximate surface area is 124 Å². The van der Waals surface area contributed by atoms with E-state index in [1.165, 1.54) is 5.56 Å². The third-order valence-electron chi connectivity index (χ3n) is 4.46. The number of carbonyl (C=O) groups is 1. The zero-order valence-electron chi connectivity index (χ0n) is 11.7. The molecule has 0 radical (unpaired) electrons. The monoisotopic (exact) mass is 279 g/mol. The van der Waals surface area contributed by atoms with Gasteiger partial charge in [0.25, 0.3) is 5.91 Å². The molecule has 2 atom stereocenters. The van der Waals surface area contributed by atoms with Gasteiger partial charge in [-0.25, -0.2) is 0 Å². The lowest BCUT2D eigenvalue weighted by molar-refractivity contribution is -0.134. The van der Waals surface area contributed by atoms with E-state index in [1.807, 2.05) is 41.3 Å². The van der Waals surface area contributed by atoms with Gasteiger partial charge in [-0.1, -0.05) is 60.7 Å². The van der Waals surface area contributed by atoms with E-state index in [9.17, 15) is 4.79 Å². The highest BCUT2D eigenvalue weighted by atomic mass is 16.6. The van der Waals surface area contributed by atoms with Crippen molar-refractivity contribution in [1.82, 2.24) is 4.90 Å². The van der Waals surface area contributed by atoms with E-state index in [0.29, 0.717) is 6.54 Å². The Bertz CT molecular complexity index is 651. The van der Waals surface area contributed by atoms with Gasteiger partial charge in [0.15, 0.2) is 6.10 Å². The molecule has 4 rings (SSSR count). The topological polar surface area (TPSA) is 32.8 Å². The number of nitrogens with zero attached hydrogens (tertiary/aromatic N) is 1. The Morgan fingerprint density at radius 2 is 1.71 bits per heavy atom. The zero-order chi connectivity index (χ0) is 14.3. The molecule has 0 unspecified atom stereocenters. The number of epoxide rings is 1. The first kappa shape index (κ1) is 12.6. The molecule has 21 heavy (non-hydrogen) atoms. The summed E-state index contributed by atoms with van der Waals surface area (Å²) in [7, 11) is 0. The number of carbonyl (C=O) groups excluding carboxylic acids is 1. The van der Waals surface area contributed by atoms with Crippen molar-refractivity contribution in [2.45, 2.75) is 24.7 Å². The van der Waals surface area contributed by atoms with Crippen molar-refractivity contribution in [2.75, 3.05) is 6.54 Å². The second-order valence-electron chi connectivity index (χ2n) is 5.75. The molecule has 0 saturated carbocycles. The fraction of sp³-hybridized carbons (Fsp3) is 0.278. The van der Waals surface area contributed by atoms with Gasteiger partial charge in [-0.2, -0.15) is 0 Å². The molecule has 2 saturated heterocycles. The Balaban J connectivity index is 1.52. The number of hydrogen-bond acceptors (Lipinski definition) is 2. The minimum atomic E-state index is -0.356. The molecule has 2 aliphatic heterocycles. The standard InChI is InChI=1S/C18H17NO2/c20-17-16-18(21-16,15-9-5-2-6-10-15)11-12-19(17)13-14-7-3-1-4-8-14/h1-10,16H,11-13H2/t16-,18-/m1/s1. The summed E-state index contributed by atoms with van der Waals surface area (Å²) in [5.74, 6) is 0.119. The number of likely N-dealkylation sites (tertiary alicyclic amines) is 1. The number of hydrogen-bond donors (Lipinski definition) is 0. The van der Waals surface area contributed by atoms with E-state index in [2.05, 4.69) is 24.3 Å². The normalized spacial score (nSPS) is 27.3. The largest absolute Gasteiger partial charge is 0.350 e. The van der Waals surface area contributed by atoms with Crippen LogP contribution >= 0.6 is 0 Å². The fourth-order valence-corrected chi connectivity index (χ4v) is 3.24. The molecule has 2 heterocycles. The SMILES string of the molecule is O=C1[C@H]2O[C@@]2(c2ccccc2)CCN1Cc1ccccc1. The van der Waals surface area contributed by atoms with E-state index in [0.717, 1.165) is 18.5 Å². The Morgan fingerprint density at radius 3 is 2.43 bits per heavy atom. The van der Waals surface area contributed by atoms with Crippen molar-refractivity contribution in [2.24, 2.45) is 0 Å². The quantitative estimate of drug-likeness (QED) is 0.809. The molecule has 0 aliphatic carbocycles. The van der Waals surface area contributed by atoms with Crippen LogP contribution in [-0.4, -0.2) is 23.5 Å². The van der Waals surface area contributed by atoms with Gasteiger partial charge >= 0.3 is 0 Å². The number of benzene rings is 2. The van der Waals surface area contributed by atoms with Crippen molar-refractivity contribution in [3.8, 4) is 0 Å². The molecule has 2 aliphatic rings. The molecular formula is C18H17NO2. The van der Waals surface area contributed by atoms with Crippen molar-refractivity contribution < 1.29 is 9.53 Å². The number of fused-ring (bicyclic) bond motifs is 1. The maximum Gasteiger partial charge on any atom is 0.255 e. The van der Waals surface area contributed by atoms with Crippen molar-refractivity contribution in [1.29, 1.82) is 0 Å². The molecule has 3 nitrogen and oxygen atoms in total. The third-order valence-corrected chi connectivity index (χ3v) is 4.46. The predicted octanol–water partition coefficient (Wildman–Crippen LogP) is 2.71. The summed E-state index contributed by atoms with van der Waals surface area (Å²) in [5, 5.41) is 0. The summed E-state index contributed by atoms with van der Waals surface area (Å²) in [4.78, 5) is 14.5.